The van der Waals surface area contributed by atoms with Crippen LogP contribution >= 0.6 is 15.9 Å². The maximum Gasteiger partial charge on any atom is 0.344 e. The lowest BCUT2D eigenvalue weighted by Gasteiger charge is -2.05. The van der Waals surface area contributed by atoms with Crippen molar-refractivity contribution < 1.29 is 19.1 Å². The molecule has 2 N–H and O–H groups in total. The van der Waals surface area contributed by atoms with Crippen LogP contribution in [0.4, 0.5) is 5.69 Å². The number of esters is 2. The minimum atomic E-state index is -0.619. The second kappa shape index (κ2) is 6.24. The van der Waals surface area contributed by atoms with Gasteiger partial charge in [-0.05, 0) is 25.1 Å². The number of hydrogen-bond acceptors (Lipinski definition) is 5. The average molecular weight is 302 g/mol. The molecule has 0 heterocycles. The number of benzene rings is 1. The Morgan fingerprint density at radius 2 is 2.00 bits per heavy atom. The van der Waals surface area contributed by atoms with E-state index < -0.39 is 18.5 Å². The van der Waals surface area contributed by atoms with Crippen molar-refractivity contribution in [2.75, 3.05) is 18.9 Å². The van der Waals surface area contributed by atoms with Crippen LogP contribution < -0.4 is 5.73 Å². The number of carbonyl (C=O) groups is 2. The molecule has 92 valence electrons. The molecule has 0 fully saturated rings. The molecule has 0 bridgehead atoms. The van der Waals surface area contributed by atoms with Crippen LogP contribution in [0.3, 0.4) is 0 Å². The summed E-state index contributed by atoms with van der Waals surface area (Å²) in [5.41, 5.74) is 6.28. The van der Waals surface area contributed by atoms with Crippen molar-refractivity contribution in [1.29, 1.82) is 0 Å². The fourth-order valence-corrected chi connectivity index (χ4v) is 1.65. The number of anilines is 1. The minimum Gasteiger partial charge on any atom is -0.463 e. The van der Waals surface area contributed by atoms with Crippen molar-refractivity contribution in [3.8, 4) is 0 Å². The van der Waals surface area contributed by atoms with Crippen LogP contribution in [0.15, 0.2) is 22.7 Å². The lowest BCUT2D eigenvalue weighted by atomic mass is 10.2. The predicted molar refractivity (Wildman–Crippen MR) is 65.5 cm³/mol. The fraction of sp³-hybridized carbons (Fsp3) is 0.273. The molecule has 1 rings (SSSR count). The Morgan fingerprint density at radius 1 is 1.29 bits per heavy atom. The zero-order valence-corrected chi connectivity index (χ0v) is 10.8. The van der Waals surface area contributed by atoms with Gasteiger partial charge in [-0.25, -0.2) is 9.59 Å². The normalized spacial score (nSPS) is 9.76. The Morgan fingerprint density at radius 3 is 2.59 bits per heavy atom. The van der Waals surface area contributed by atoms with Crippen molar-refractivity contribution in [2.24, 2.45) is 0 Å². The molecule has 0 saturated heterocycles. The number of nitrogen functional groups attached to an aromatic ring is 1. The molecule has 0 spiro atoms. The van der Waals surface area contributed by atoms with Gasteiger partial charge in [0.1, 0.15) is 0 Å². The molecule has 0 aliphatic carbocycles. The van der Waals surface area contributed by atoms with Gasteiger partial charge in [-0.2, -0.15) is 0 Å². The summed E-state index contributed by atoms with van der Waals surface area (Å²) in [6.07, 6.45) is 0. The Kier molecular flexibility index (Phi) is 4.96. The Hall–Kier alpha value is -1.56. The summed E-state index contributed by atoms with van der Waals surface area (Å²) >= 11 is 3.21. The molecule has 17 heavy (non-hydrogen) atoms. The highest BCUT2D eigenvalue weighted by molar-refractivity contribution is 9.10. The van der Waals surface area contributed by atoms with E-state index in [1.807, 2.05) is 0 Å². The van der Waals surface area contributed by atoms with Crippen molar-refractivity contribution in [2.45, 2.75) is 6.92 Å². The summed E-state index contributed by atoms with van der Waals surface area (Å²) in [5, 5.41) is 0. The van der Waals surface area contributed by atoms with Crippen LogP contribution in [0.25, 0.3) is 0 Å². The molecule has 0 aromatic heterocycles. The molecule has 0 aliphatic heterocycles. The highest BCUT2D eigenvalue weighted by Gasteiger charge is 2.11. The number of nitrogens with two attached hydrogens (primary N) is 1. The highest BCUT2D eigenvalue weighted by Crippen LogP contribution is 2.17. The molecule has 1 aromatic carbocycles. The lowest BCUT2D eigenvalue weighted by molar-refractivity contribution is -0.146. The monoisotopic (exact) mass is 301 g/mol. The highest BCUT2D eigenvalue weighted by atomic mass is 79.9. The second-order valence-corrected chi connectivity index (χ2v) is 4.07. The number of carbonyl (C=O) groups excluding carboxylic acids is 2. The molecule has 0 unspecified atom stereocenters. The molecule has 0 amide bonds. The van der Waals surface area contributed by atoms with E-state index in [1.165, 1.54) is 6.07 Å². The van der Waals surface area contributed by atoms with Crippen molar-refractivity contribution in [3.05, 3.63) is 28.2 Å². The first-order valence-corrected chi connectivity index (χ1v) is 5.71. The minimum absolute atomic E-state index is 0.250. The van der Waals surface area contributed by atoms with E-state index >= 15 is 0 Å². The van der Waals surface area contributed by atoms with Gasteiger partial charge in [0.05, 0.1) is 12.2 Å². The van der Waals surface area contributed by atoms with Crippen LogP contribution in [0.1, 0.15) is 17.3 Å². The number of hydrogen-bond donors (Lipinski definition) is 1. The Bertz CT molecular complexity index is 413. The van der Waals surface area contributed by atoms with Gasteiger partial charge >= 0.3 is 11.9 Å². The molecule has 0 atom stereocenters. The second-order valence-electron chi connectivity index (χ2n) is 3.15. The Labute approximate surface area is 107 Å². The van der Waals surface area contributed by atoms with Crippen LogP contribution in [0.5, 0.6) is 0 Å². The number of ether oxygens (including phenoxy) is 2. The fourth-order valence-electron chi connectivity index (χ4n) is 1.14. The molecule has 0 saturated carbocycles. The Balaban J connectivity index is 2.61. The number of rotatable bonds is 4. The number of halogens is 1. The standard InChI is InChI=1S/C11H12BrNO4/c1-2-16-10(14)6-17-11(15)7-3-8(12)5-9(13)4-7/h3-5H,2,6,13H2,1H3. The smallest absolute Gasteiger partial charge is 0.344 e. The summed E-state index contributed by atoms with van der Waals surface area (Å²) in [6.45, 7) is 1.52. The van der Waals surface area contributed by atoms with Gasteiger partial charge in [0.25, 0.3) is 0 Å². The largest absolute Gasteiger partial charge is 0.463 e. The van der Waals surface area contributed by atoms with Gasteiger partial charge in [0.2, 0.25) is 0 Å². The SMILES string of the molecule is CCOC(=O)COC(=O)c1cc(N)cc(Br)c1. The summed E-state index contributed by atoms with van der Waals surface area (Å²) in [5.74, 6) is -1.20. The average Bonchev–Trinajstić information content (AvgIpc) is 2.25. The van der Waals surface area contributed by atoms with E-state index in [9.17, 15) is 9.59 Å². The molecular formula is C11H12BrNO4. The molecular weight excluding hydrogens is 290 g/mol. The van der Waals surface area contributed by atoms with Crippen molar-refractivity contribution in [1.82, 2.24) is 0 Å². The quantitative estimate of drug-likeness (QED) is 0.677. The van der Waals surface area contributed by atoms with E-state index in [4.69, 9.17) is 10.5 Å². The molecule has 6 heteroatoms. The van der Waals surface area contributed by atoms with Gasteiger partial charge in [-0.15, -0.1) is 0 Å². The molecule has 0 radical (unpaired) electrons. The van der Waals surface area contributed by atoms with E-state index in [1.54, 1.807) is 19.1 Å². The van der Waals surface area contributed by atoms with Gasteiger partial charge in [-0.3, -0.25) is 0 Å². The third kappa shape index (κ3) is 4.44. The van der Waals surface area contributed by atoms with Gasteiger partial charge in [0, 0.05) is 10.2 Å². The van der Waals surface area contributed by atoms with Crippen LogP contribution in [0, 0.1) is 0 Å². The molecule has 1 aromatic rings. The summed E-state index contributed by atoms with van der Waals surface area (Å²) in [7, 11) is 0. The molecule has 5 nitrogen and oxygen atoms in total. The molecule has 0 aliphatic rings. The van der Waals surface area contributed by atoms with Crippen LogP contribution in [-0.4, -0.2) is 25.2 Å². The van der Waals surface area contributed by atoms with Gasteiger partial charge in [-0.1, -0.05) is 15.9 Å². The van der Waals surface area contributed by atoms with Crippen molar-refractivity contribution in [3.63, 3.8) is 0 Å². The lowest BCUT2D eigenvalue weighted by Crippen LogP contribution is -2.16. The van der Waals surface area contributed by atoms with E-state index in [2.05, 4.69) is 20.7 Å². The first-order chi connectivity index (χ1) is 8.02. The van der Waals surface area contributed by atoms with E-state index in [0.29, 0.717) is 10.2 Å². The first kappa shape index (κ1) is 13.5. The summed E-state index contributed by atoms with van der Waals surface area (Å²) < 4.78 is 10.1. The summed E-state index contributed by atoms with van der Waals surface area (Å²) in [6, 6.07) is 4.68. The van der Waals surface area contributed by atoms with Crippen molar-refractivity contribution >= 4 is 33.6 Å². The summed E-state index contributed by atoms with van der Waals surface area (Å²) in [4.78, 5) is 22.5. The maximum absolute atomic E-state index is 11.6. The van der Waals surface area contributed by atoms with E-state index in [0.717, 1.165) is 0 Å². The van der Waals surface area contributed by atoms with Crippen LogP contribution in [-0.2, 0) is 14.3 Å². The zero-order valence-electron chi connectivity index (χ0n) is 9.23. The maximum atomic E-state index is 11.6. The zero-order chi connectivity index (χ0) is 12.8. The predicted octanol–water partition coefficient (Wildman–Crippen LogP) is 1.75. The van der Waals surface area contributed by atoms with Gasteiger partial charge in [0.15, 0.2) is 6.61 Å². The third-order valence-corrected chi connectivity index (χ3v) is 2.24. The van der Waals surface area contributed by atoms with Crippen LogP contribution in [0.2, 0.25) is 0 Å². The third-order valence-electron chi connectivity index (χ3n) is 1.78. The van der Waals surface area contributed by atoms with E-state index in [-0.39, 0.29) is 12.2 Å². The topological polar surface area (TPSA) is 78.6 Å². The van der Waals surface area contributed by atoms with Gasteiger partial charge < -0.3 is 15.2 Å². The first-order valence-electron chi connectivity index (χ1n) is 4.91.